The average molecular weight is 379 g/mol. The van der Waals surface area contributed by atoms with Crippen LogP contribution in [-0.4, -0.2) is 46.4 Å². The van der Waals surface area contributed by atoms with Gasteiger partial charge in [0.05, 0.1) is 17.3 Å². The molecule has 1 fully saturated rings. The lowest BCUT2D eigenvalue weighted by Crippen LogP contribution is -2.34. The maximum Gasteiger partial charge on any atom is 0.381 e. The van der Waals surface area contributed by atoms with E-state index in [1.165, 1.54) is 22.2 Å². The van der Waals surface area contributed by atoms with Crippen molar-refractivity contribution < 1.29 is 14.4 Å². The zero-order valence-electron chi connectivity index (χ0n) is 12.8. The molecule has 3 rings (SSSR count). The van der Waals surface area contributed by atoms with E-state index in [9.17, 15) is 9.59 Å². The smallest absolute Gasteiger partial charge is 0.331 e. The van der Waals surface area contributed by atoms with Crippen molar-refractivity contribution in [3.8, 4) is 0 Å². The number of carbonyl (C=O) groups is 2. The van der Waals surface area contributed by atoms with Gasteiger partial charge < -0.3 is 4.84 Å². The van der Waals surface area contributed by atoms with Gasteiger partial charge in [-0.3, -0.25) is 9.69 Å². The molecule has 0 N–H and O–H groups in total. The lowest BCUT2D eigenvalue weighted by molar-refractivity contribution is -0.114. The van der Waals surface area contributed by atoms with Crippen LogP contribution in [0.25, 0.3) is 0 Å². The van der Waals surface area contributed by atoms with Gasteiger partial charge in [-0.05, 0) is 30.3 Å². The van der Waals surface area contributed by atoms with Crippen LogP contribution in [0.1, 0.15) is 10.5 Å². The molecule has 9 heteroatoms. The molecular formula is C16H12Cl2N4O3. The number of amides is 1. The van der Waals surface area contributed by atoms with Gasteiger partial charge in [-0.25, -0.2) is 14.8 Å². The van der Waals surface area contributed by atoms with Crippen LogP contribution in [0.15, 0.2) is 47.6 Å². The quantitative estimate of drug-likeness (QED) is 0.764. The number of rotatable bonds is 4. The summed E-state index contributed by atoms with van der Waals surface area (Å²) in [5.74, 6) is -0.512. The highest BCUT2D eigenvalue weighted by Gasteiger charge is 2.30. The first-order chi connectivity index (χ1) is 12.1. The summed E-state index contributed by atoms with van der Waals surface area (Å²) in [6.07, 6.45) is 2.09. The number of carbonyl (C=O) groups excluding carboxylic acids is 2. The van der Waals surface area contributed by atoms with E-state index in [2.05, 4.69) is 9.98 Å². The standard InChI is InChI=1S/C16H12Cl2N4O3/c17-11-4-5-12(18)14(9-11)20-16-21(10-23)7-8-22(16)25-15(24)13-3-1-2-6-19-13/h1-6,9-10H,7-8H2. The average Bonchev–Trinajstić information content (AvgIpc) is 3.00. The van der Waals surface area contributed by atoms with Gasteiger partial charge in [-0.2, -0.15) is 5.06 Å². The van der Waals surface area contributed by atoms with Crippen molar-refractivity contribution in [2.45, 2.75) is 0 Å². The first-order valence-corrected chi connectivity index (χ1v) is 8.00. The summed E-state index contributed by atoms with van der Waals surface area (Å²) < 4.78 is 0. The predicted molar refractivity (Wildman–Crippen MR) is 92.7 cm³/mol. The fourth-order valence-corrected chi connectivity index (χ4v) is 2.48. The number of halogens is 2. The molecule has 0 bridgehead atoms. The van der Waals surface area contributed by atoms with Gasteiger partial charge >= 0.3 is 5.97 Å². The van der Waals surface area contributed by atoms with E-state index in [1.54, 1.807) is 30.3 Å². The van der Waals surface area contributed by atoms with Gasteiger partial charge in [0.15, 0.2) is 5.69 Å². The van der Waals surface area contributed by atoms with E-state index >= 15 is 0 Å². The maximum atomic E-state index is 12.2. The van der Waals surface area contributed by atoms with E-state index < -0.39 is 5.97 Å². The van der Waals surface area contributed by atoms with Gasteiger partial charge in [0.1, 0.15) is 0 Å². The number of hydrogen-bond donors (Lipinski definition) is 0. The third-order valence-corrected chi connectivity index (χ3v) is 3.90. The molecule has 0 aliphatic carbocycles. The number of hydroxylamine groups is 2. The summed E-state index contributed by atoms with van der Waals surface area (Å²) in [4.78, 5) is 38.3. The van der Waals surface area contributed by atoms with Crippen molar-refractivity contribution in [1.82, 2.24) is 14.9 Å². The Labute approximate surface area is 153 Å². The Morgan fingerprint density at radius 1 is 1.24 bits per heavy atom. The number of aromatic nitrogens is 1. The van der Waals surface area contributed by atoms with Crippen LogP contribution >= 0.6 is 23.2 Å². The summed E-state index contributed by atoms with van der Waals surface area (Å²) in [6.45, 7) is 0.588. The summed E-state index contributed by atoms with van der Waals surface area (Å²) in [6, 6.07) is 9.66. The highest BCUT2D eigenvalue weighted by Crippen LogP contribution is 2.29. The van der Waals surface area contributed by atoms with Crippen LogP contribution < -0.4 is 0 Å². The number of benzene rings is 1. The zero-order chi connectivity index (χ0) is 17.8. The molecule has 0 radical (unpaired) electrons. The van der Waals surface area contributed by atoms with E-state index in [0.717, 1.165) is 0 Å². The van der Waals surface area contributed by atoms with Crippen LogP contribution in [0.2, 0.25) is 10.0 Å². The lowest BCUT2D eigenvalue weighted by Gasteiger charge is -2.18. The maximum absolute atomic E-state index is 12.2. The summed E-state index contributed by atoms with van der Waals surface area (Å²) in [5.41, 5.74) is 0.504. The topological polar surface area (TPSA) is 75.1 Å². The van der Waals surface area contributed by atoms with Crippen molar-refractivity contribution in [1.29, 1.82) is 0 Å². The molecule has 0 spiro atoms. The molecule has 2 aromatic rings. The molecule has 2 heterocycles. The summed E-state index contributed by atoms with van der Waals surface area (Å²) in [5, 5.41) is 2.02. The first-order valence-electron chi connectivity index (χ1n) is 7.25. The minimum atomic E-state index is -0.654. The molecule has 0 unspecified atom stereocenters. The third-order valence-electron chi connectivity index (χ3n) is 3.35. The van der Waals surface area contributed by atoms with Crippen molar-refractivity contribution in [2.24, 2.45) is 4.99 Å². The lowest BCUT2D eigenvalue weighted by atomic mass is 10.3. The van der Waals surface area contributed by atoms with Crippen molar-refractivity contribution >= 4 is 47.2 Å². The highest BCUT2D eigenvalue weighted by molar-refractivity contribution is 6.35. The number of nitrogens with zero attached hydrogens (tertiary/aromatic N) is 4. The Hall–Kier alpha value is -2.64. The number of guanidine groups is 1. The molecule has 7 nitrogen and oxygen atoms in total. The molecule has 0 saturated carbocycles. The molecule has 1 aromatic heterocycles. The SMILES string of the molecule is O=CN1CCN(OC(=O)c2ccccn2)C1=Nc1cc(Cl)ccc1Cl. The number of pyridine rings is 1. The molecule has 1 aromatic carbocycles. The Bertz CT molecular complexity index is 829. The van der Waals surface area contributed by atoms with E-state index in [4.69, 9.17) is 28.0 Å². The minimum absolute atomic E-state index is 0.142. The molecule has 128 valence electrons. The Balaban J connectivity index is 1.88. The number of aliphatic imine (C=N–C) groups is 1. The summed E-state index contributed by atoms with van der Waals surface area (Å²) >= 11 is 12.1. The fraction of sp³-hybridized carbons (Fsp3) is 0.125. The number of hydrogen-bond acceptors (Lipinski definition) is 5. The molecular weight excluding hydrogens is 367 g/mol. The normalized spacial score (nSPS) is 15.5. The van der Waals surface area contributed by atoms with Crippen LogP contribution in [-0.2, 0) is 9.63 Å². The first kappa shape index (κ1) is 17.2. The largest absolute Gasteiger partial charge is 0.381 e. The van der Waals surface area contributed by atoms with Gasteiger partial charge in [0, 0.05) is 17.8 Å². The second-order valence-corrected chi connectivity index (χ2v) is 5.85. The van der Waals surface area contributed by atoms with Crippen molar-refractivity contribution in [2.75, 3.05) is 13.1 Å². The third kappa shape index (κ3) is 3.89. The van der Waals surface area contributed by atoms with Gasteiger partial charge in [-0.15, -0.1) is 0 Å². The summed E-state index contributed by atoms with van der Waals surface area (Å²) in [7, 11) is 0. The van der Waals surface area contributed by atoms with E-state index in [1.807, 2.05) is 0 Å². The van der Waals surface area contributed by atoms with Crippen LogP contribution in [0, 0.1) is 0 Å². The molecule has 0 atom stereocenters. The Morgan fingerprint density at radius 3 is 2.80 bits per heavy atom. The molecule has 1 aliphatic heterocycles. The molecule has 1 amide bonds. The van der Waals surface area contributed by atoms with Gasteiger partial charge in [0.25, 0.3) is 0 Å². The fourth-order valence-electron chi connectivity index (χ4n) is 2.16. The Morgan fingerprint density at radius 2 is 2.08 bits per heavy atom. The molecule has 1 aliphatic rings. The van der Waals surface area contributed by atoms with Crippen LogP contribution in [0.4, 0.5) is 5.69 Å². The molecule has 25 heavy (non-hydrogen) atoms. The van der Waals surface area contributed by atoms with Crippen LogP contribution in [0.5, 0.6) is 0 Å². The highest BCUT2D eigenvalue weighted by atomic mass is 35.5. The van der Waals surface area contributed by atoms with Crippen LogP contribution in [0.3, 0.4) is 0 Å². The zero-order valence-corrected chi connectivity index (χ0v) is 14.3. The van der Waals surface area contributed by atoms with Gasteiger partial charge in [0.2, 0.25) is 12.4 Å². The second-order valence-electron chi connectivity index (χ2n) is 5.00. The van der Waals surface area contributed by atoms with E-state index in [-0.39, 0.29) is 18.2 Å². The monoisotopic (exact) mass is 378 g/mol. The second kappa shape index (κ2) is 7.50. The van der Waals surface area contributed by atoms with E-state index in [0.29, 0.717) is 28.7 Å². The Kier molecular flexibility index (Phi) is 5.16. The molecule has 1 saturated heterocycles. The predicted octanol–water partition coefficient (Wildman–Crippen LogP) is 2.92. The van der Waals surface area contributed by atoms with Gasteiger partial charge in [-0.1, -0.05) is 29.3 Å². The minimum Gasteiger partial charge on any atom is -0.331 e. The van der Waals surface area contributed by atoms with Crippen molar-refractivity contribution in [3.63, 3.8) is 0 Å². The van der Waals surface area contributed by atoms with Crippen molar-refractivity contribution in [3.05, 3.63) is 58.3 Å².